The summed E-state index contributed by atoms with van der Waals surface area (Å²) >= 11 is 0. The maximum atomic E-state index is 13.5. The third-order valence-corrected chi connectivity index (χ3v) is 7.66. The molecule has 0 saturated heterocycles. The molecule has 0 radical (unpaired) electrons. The standard InChI is InChI=1S/C34H40O6/c1-31(2,3)39-29(37)21-10-13-23(27(35)17-21)20-11-14-24-26(16-20)34(9,19-33(24,7)8)25-15-12-22(18-28(25)36)30(38)40-32(4,5)6/h10-18,23,25H,19H2,1-9H3. The molecule has 0 aromatic heterocycles. The molecule has 1 aromatic carbocycles. The van der Waals surface area contributed by atoms with Gasteiger partial charge in [-0.05, 0) is 82.2 Å². The lowest BCUT2D eigenvalue weighted by Crippen LogP contribution is -2.37. The highest BCUT2D eigenvalue weighted by Gasteiger charge is 2.51. The van der Waals surface area contributed by atoms with Crippen molar-refractivity contribution in [3.05, 3.63) is 82.5 Å². The number of esters is 2. The van der Waals surface area contributed by atoms with Crippen LogP contribution in [-0.4, -0.2) is 34.7 Å². The molecule has 3 aliphatic carbocycles. The molecule has 0 spiro atoms. The van der Waals surface area contributed by atoms with E-state index in [0.717, 1.165) is 23.1 Å². The van der Waals surface area contributed by atoms with E-state index in [1.807, 2.05) is 18.2 Å². The molecule has 3 aliphatic rings. The van der Waals surface area contributed by atoms with E-state index in [0.29, 0.717) is 0 Å². The van der Waals surface area contributed by atoms with Gasteiger partial charge in [0.2, 0.25) is 0 Å². The SMILES string of the molecule is CC(C)(C)OC(=O)C1=CC(=O)C(c2ccc3c(c2)C(C)(C2C=CC(C(=O)OC(C)(C)C)=CC2=O)CC3(C)C)C=C1. The van der Waals surface area contributed by atoms with Crippen LogP contribution in [0.15, 0.2) is 65.8 Å². The van der Waals surface area contributed by atoms with Crippen molar-refractivity contribution < 1.29 is 28.7 Å². The van der Waals surface area contributed by atoms with Crippen LogP contribution in [0.3, 0.4) is 0 Å². The Balaban J connectivity index is 1.63. The summed E-state index contributed by atoms with van der Waals surface area (Å²) in [5.41, 5.74) is 1.40. The first-order valence-corrected chi connectivity index (χ1v) is 13.8. The van der Waals surface area contributed by atoms with Gasteiger partial charge in [-0.1, -0.05) is 63.3 Å². The lowest BCUT2D eigenvalue weighted by atomic mass is 9.67. The van der Waals surface area contributed by atoms with Crippen molar-refractivity contribution in [3.8, 4) is 0 Å². The average Bonchev–Trinajstić information content (AvgIpc) is 3.01. The van der Waals surface area contributed by atoms with Gasteiger partial charge >= 0.3 is 11.9 Å². The highest BCUT2D eigenvalue weighted by atomic mass is 16.6. The smallest absolute Gasteiger partial charge is 0.338 e. The summed E-state index contributed by atoms with van der Waals surface area (Å²) in [6, 6.07) is 6.06. The van der Waals surface area contributed by atoms with Crippen LogP contribution in [0.25, 0.3) is 0 Å². The number of carbonyl (C=O) groups is 4. The van der Waals surface area contributed by atoms with Gasteiger partial charge in [0.25, 0.3) is 0 Å². The minimum absolute atomic E-state index is 0.140. The molecule has 0 fully saturated rings. The quantitative estimate of drug-likeness (QED) is 0.423. The Hall–Kier alpha value is -3.54. The molecule has 3 unspecified atom stereocenters. The predicted octanol–water partition coefficient (Wildman–Crippen LogP) is 6.14. The Labute approximate surface area is 237 Å². The van der Waals surface area contributed by atoms with Gasteiger partial charge in [-0.2, -0.15) is 0 Å². The molecule has 0 N–H and O–H groups in total. The number of ether oxygens (including phenoxy) is 2. The van der Waals surface area contributed by atoms with Crippen molar-refractivity contribution in [2.75, 3.05) is 0 Å². The van der Waals surface area contributed by atoms with E-state index in [4.69, 9.17) is 9.47 Å². The second-order valence-electron chi connectivity index (χ2n) is 14.0. The first-order chi connectivity index (χ1) is 18.3. The predicted molar refractivity (Wildman–Crippen MR) is 154 cm³/mol. The van der Waals surface area contributed by atoms with E-state index in [-0.39, 0.29) is 28.1 Å². The molecule has 0 aliphatic heterocycles. The normalized spacial score (nSPS) is 25.7. The fourth-order valence-electron chi connectivity index (χ4n) is 6.11. The van der Waals surface area contributed by atoms with E-state index < -0.39 is 40.4 Å². The highest BCUT2D eigenvalue weighted by molar-refractivity contribution is 6.07. The summed E-state index contributed by atoms with van der Waals surface area (Å²) in [7, 11) is 0. The summed E-state index contributed by atoms with van der Waals surface area (Å²) in [6.45, 7) is 17.1. The van der Waals surface area contributed by atoms with E-state index in [1.165, 1.54) is 12.2 Å². The number of fused-ring (bicyclic) bond motifs is 1. The molecular weight excluding hydrogens is 504 g/mol. The Morgan fingerprint density at radius 1 is 0.775 bits per heavy atom. The molecule has 212 valence electrons. The van der Waals surface area contributed by atoms with Crippen molar-refractivity contribution >= 4 is 23.5 Å². The van der Waals surface area contributed by atoms with Crippen LogP contribution in [0.4, 0.5) is 0 Å². The second-order valence-corrected chi connectivity index (χ2v) is 14.0. The van der Waals surface area contributed by atoms with E-state index in [2.05, 4.69) is 26.8 Å². The summed E-state index contributed by atoms with van der Waals surface area (Å²) in [4.78, 5) is 51.7. The van der Waals surface area contributed by atoms with Gasteiger partial charge in [0.1, 0.15) is 11.2 Å². The third-order valence-electron chi connectivity index (χ3n) is 7.66. The topological polar surface area (TPSA) is 86.7 Å². The lowest BCUT2D eigenvalue weighted by Gasteiger charge is -2.35. The van der Waals surface area contributed by atoms with Crippen molar-refractivity contribution in [2.45, 2.75) is 96.7 Å². The molecule has 0 heterocycles. The molecule has 0 saturated carbocycles. The van der Waals surface area contributed by atoms with E-state index >= 15 is 0 Å². The fraction of sp³-hybridized carbons (Fsp3) is 0.471. The molecule has 6 nitrogen and oxygen atoms in total. The molecule has 4 rings (SSSR count). The summed E-state index contributed by atoms with van der Waals surface area (Å²) < 4.78 is 10.9. The molecule has 0 bridgehead atoms. The monoisotopic (exact) mass is 544 g/mol. The Morgan fingerprint density at radius 3 is 1.80 bits per heavy atom. The molecule has 6 heteroatoms. The summed E-state index contributed by atoms with van der Waals surface area (Å²) in [5, 5.41) is 0. The zero-order chi connectivity index (χ0) is 29.8. The van der Waals surface area contributed by atoms with Crippen LogP contribution in [0.5, 0.6) is 0 Å². The number of ketones is 2. The van der Waals surface area contributed by atoms with Crippen molar-refractivity contribution in [2.24, 2.45) is 5.92 Å². The van der Waals surface area contributed by atoms with E-state index in [1.54, 1.807) is 59.8 Å². The molecule has 40 heavy (non-hydrogen) atoms. The van der Waals surface area contributed by atoms with Gasteiger partial charge in [-0.25, -0.2) is 9.59 Å². The Morgan fingerprint density at radius 2 is 1.30 bits per heavy atom. The molecule has 0 amide bonds. The van der Waals surface area contributed by atoms with Crippen molar-refractivity contribution in [1.82, 2.24) is 0 Å². The first-order valence-electron chi connectivity index (χ1n) is 13.8. The largest absolute Gasteiger partial charge is 0.456 e. The maximum Gasteiger partial charge on any atom is 0.338 e. The van der Waals surface area contributed by atoms with Gasteiger partial charge in [0.05, 0.1) is 17.1 Å². The van der Waals surface area contributed by atoms with Crippen LogP contribution in [0.1, 0.15) is 91.3 Å². The number of hydrogen-bond acceptors (Lipinski definition) is 6. The average molecular weight is 545 g/mol. The number of rotatable bonds is 4. The maximum absolute atomic E-state index is 13.5. The molecule has 3 atom stereocenters. The third kappa shape index (κ3) is 5.81. The molecular formula is C34H40O6. The van der Waals surface area contributed by atoms with Crippen LogP contribution in [0.2, 0.25) is 0 Å². The molecule has 1 aromatic rings. The number of hydrogen-bond donors (Lipinski definition) is 0. The number of allylic oxidation sites excluding steroid dienone is 4. The zero-order valence-corrected chi connectivity index (χ0v) is 25.0. The fourth-order valence-corrected chi connectivity index (χ4v) is 6.11. The van der Waals surface area contributed by atoms with Crippen LogP contribution in [-0.2, 0) is 39.5 Å². The minimum Gasteiger partial charge on any atom is -0.456 e. The summed E-state index contributed by atoms with van der Waals surface area (Å²) in [5.74, 6) is -2.39. The van der Waals surface area contributed by atoms with Crippen molar-refractivity contribution in [3.63, 3.8) is 0 Å². The van der Waals surface area contributed by atoms with E-state index in [9.17, 15) is 19.2 Å². The van der Waals surface area contributed by atoms with Gasteiger partial charge in [-0.3, -0.25) is 9.59 Å². The Bertz CT molecular complexity index is 1400. The number of carbonyl (C=O) groups excluding carboxylic acids is 4. The number of benzene rings is 1. The van der Waals surface area contributed by atoms with Crippen LogP contribution >= 0.6 is 0 Å². The van der Waals surface area contributed by atoms with Gasteiger partial charge in [0.15, 0.2) is 11.6 Å². The van der Waals surface area contributed by atoms with Gasteiger partial charge in [-0.15, -0.1) is 0 Å². The van der Waals surface area contributed by atoms with Crippen molar-refractivity contribution in [1.29, 1.82) is 0 Å². The second kappa shape index (κ2) is 9.83. The first kappa shape index (κ1) is 29.4. The van der Waals surface area contributed by atoms with Gasteiger partial charge < -0.3 is 9.47 Å². The summed E-state index contributed by atoms with van der Waals surface area (Å²) in [6.07, 6.45) is 10.4. The Kier molecular flexibility index (Phi) is 7.23. The lowest BCUT2D eigenvalue weighted by molar-refractivity contribution is -0.150. The minimum atomic E-state index is -0.656. The van der Waals surface area contributed by atoms with Crippen LogP contribution in [0, 0.1) is 5.92 Å². The van der Waals surface area contributed by atoms with Gasteiger partial charge in [0, 0.05) is 11.3 Å². The zero-order valence-electron chi connectivity index (χ0n) is 25.0. The van der Waals surface area contributed by atoms with Crippen LogP contribution < -0.4 is 0 Å². The highest BCUT2D eigenvalue weighted by Crippen LogP contribution is 2.54.